The van der Waals surface area contributed by atoms with Gasteiger partial charge in [0.1, 0.15) is 5.82 Å². The van der Waals surface area contributed by atoms with E-state index in [0.29, 0.717) is 5.95 Å². The van der Waals surface area contributed by atoms with Crippen molar-refractivity contribution in [2.75, 3.05) is 10.6 Å². The van der Waals surface area contributed by atoms with E-state index < -0.39 is 0 Å². The number of para-hydroxylation sites is 1. The number of aromatic nitrogens is 2. The maximum absolute atomic E-state index is 4.63. The second-order valence-electron chi connectivity index (χ2n) is 6.03. The summed E-state index contributed by atoms with van der Waals surface area (Å²) in [7, 11) is 0. The highest BCUT2D eigenvalue weighted by Crippen LogP contribution is 2.35. The summed E-state index contributed by atoms with van der Waals surface area (Å²) in [5.41, 5.74) is 4.17. The van der Waals surface area contributed by atoms with Crippen LogP contribution >= 0.6 is 31.9 Å². The molecule has 0 saturated heterocycles. The number of hydrogen-bond donors (Lipinski definition) is 2. The minimum atomic E-state index is 0.555. The Morgan fingerprint density at radius 3 is 2.35 bits per heavy atom. The molecule has 2 aromatic carbocycles. The molecule has 0 atom stereocenters. The Hall–Kier alpha value is -1.92. The summed E-state index contributed by atoms with van der Waals surface area (Å²) >= 11 is 7.34. The second-order valence-corrected chi connectivity index (χ2v) is 7.73. The SMILES string of the molecule is CCCc1cc(Br)c(Nc2nc(Nc3ccccc3)ncc2C)c(Br)c1. The van der Waals surface area contributed by atoms with Crippen molar-refractivity contribution >= 4 is 55.0 Å². The fourth-order valence-corrected chi connectivity index (χ4v) is 4.06. The van der Waals surface area contributed by atoms with Gasteiger partial charge in [-0.2, -0.15) is 4.98 Å². The number of hydrogen-bond acceptors (Lipinski definition) is 4. The minimum absolute atomic E-state index is 0.555. The molecule has 0 fully saturated rings. The molecule has 0 unspecified atom stereocenters. The summed E-state index contributed by atoms with van der Waals surface area (Å²) < 4.78 is 2.01. The number of halogens is 2. The molecule has 1 aromatic heterocycles. The van der Waals surface area contributed by atoms with E-state index in [9.17, 15) is 0 Å². The predicted octanol–water partition coefficient (Wildman–Crippen LogP) is 6.75. The van der Waals surface area contributed by atoms with Gasteiger partial charge in [0.2, 0.25) is 5.95 Å². The zero-order chi connectivity index (χ0) is 18.5. The topological polar surface area (TPSA) is 49.8 Å². The van der Waals surface area contributed by atoms with Crippen LogP contribution in [0, 0.1) is 6.92 Å². The van der Waals surface area contributed by atoms with Gasteiger partial charge in [-0.25, -0.2) is 4.98 Å². The fraction of sp³-hybridized carbons (Fsp3) is 0.200. The van der Waals surface area contributed by atoms with Crippen LogP contribution in [0.25, 0.3) is 0 Å². The molecule has 0 aliphatic heterocycles. The van der Waals surface area contributed by atoms with E-state index in [2.05, 4.69) is 71.5 Å². The summed E-state index contributed by atoms with van der Waals surface area (Å²) in [6, 6.07) is 14.2. The lowest BCUT2D eigenvalue weighted by Crippen LogP contribution is -2.03. The third kappa shape index (κ3) is 4.62. The first-order chi connectivity index (χ1) is 12.6. The highest BCUT2D eigenvalue weighted by Gasteiger charge is 2.11. The quantitative estimate of drug-likeness (QED) is 0.414. The van der Waals surface area contributed by atoms with Gasteiger partial charge in [-0.05, 0) is 75.0 Å². The van der Waals surface area contributed by atoms with Crippen molar-refractivity contribution in [2.45, 2.75) is 26.7 Å². The molecular formula is C20H20Br2N4. The van der Waals surface area contributed by atoms with Crippen molar-refractivity contribution < 1.29 is 0 Å². The summed E-state index contributed by atoms with van der Waals surface area (Å²) in [5, 5.41) is 6.65. The average Bonchev–Trinajstić information content (AvgIpc) is 2.62. The molecule has 0 saturated carbocycles. The summed E-state index contributed by atoms with van der Waals surface area (Å²) in [6.07, 6.45) is 3.98. The molecule has 1 heterocycles. The number of nitrogens with zero attached hydrogens (tertiary/aromatic N) is 2. The van der Waals surface area contributed by atoms with Gasteiger partial charge in [-0.3, -0.25) is 0 Å². The summed E-state index contributed by atoms with van der Waals surface area (Å²) in [6.45, 7) is 4.17. The summed E-state index contributed by atoms with van der Waals surface area (Å²) in [5.74, 6) is 1.32. The van der Waals surface area contributed by atoms with Crippen LogP contribution in [0.2, 0.25) is 0 Å². The number of benzene rings is 2. The Morgan fingerprint density at radius 2 is 1.69 bits per heavy atom. The molecule has 0 bridgehead atoms. The molecule has 26 heavy (non-hydrogen) atoms. The highest BCUT2D eigenvalue weighted by molar-refractivity contribution is 9.11. The smallest absolute Gasteiger partial charge is 0.229 e. The number of nitrogens with one attached hydrogen (secondary N) is 2. The van der Waals surface area contributed by atoms with E-state index in [1.54, 1.807) is 0 Å². The third-order valence-corrected chi connectivity index (χ3v) is 5.14. The van der Waals surface area contributed by atoms with Gasteiger partial charge in [0.25, 0.3) is 0 Å². The number of rotatable bonds is 6. The van der Waals surface area contributed by atoms with Crippen molar-refractivity contribution in [3.63, 3.8) is 0 Å². The van der Waals surface area contributed by atoms with Crippen molar-refractivity contribution in [3.05, 3.63) is 68.7 Å². The Bertz CT molecular complexity index is 875. The zero-order valence-electron chi connectivity index (χ0n) is 14.7. The van der Waals surface area contributed by atoms with Crippen LogP contribution in [-0.2, 0) is 6.42 Å². The van der Waals surface area contributed by atoms with Gasteiger partial charge in [-0.1, -0.05) is 31.5 Å². The molecule has 0 amide bonds. The maximum Gasteiger partial charge on any atom is 0.229 e. The van der Waals surface area contributed by atoms with Gasteiger partial charge in [0, 0.05) is 26.4 Å². The maximum atomic E-state index is 4.63. The predicted molar refractivity (Wildman–Crippen MR) is 116 cm³/mol. The van der Waals surface area contributed by atoms with Gasteiger partial charge in [-0.15, -0.1) is 0 Å². The highest BCUT2D eigenvalue weighted by atomic mass is 79.9. The van der Waals surface area contributed by atoms with Crippen molar-refractivity contribution in [2.24, 2.45) is 0 Å². The Labute approximate surface area is 170 Å². The normalized spacial score (nSPS) is 10.6. The first-order valence-corrected chi connectivity index (χ1v) is 10.1. The molecule has 2 N–H and O–H groups in total. The van der Waals surface area contributed by atoms with Gasteiger partial charge in [0.15, 0.2) is 0 Å². The lowest BCUT2D eigenvalue weighted by molar-refractivity contribution is 0.920. The second kappa shape index (κ2) is 8.64. The lowest BCUT2D eigenvalue weighted by atomic mass is 10.1. The van der Waals surface area contributed by atoms with E-state index in [1.807, 2.05) is 43.5 Å². The Kier molecular flexibility index (Phi) is 6.27. The molecule has 6 heteroatoms. The van der Waals surface area contributed by atoms with E-state index in [-0.39, 0.29) is 0 Å². The van der Waals surface area contributed by atoms with E-state index in [0.717, 1.165) is 44.5 Å². The molecule has 134 valence electrons. The van der Waals surface area contributed by atoms with Crippen molar-refractivity contribution in [3.8, 4) is 0 Å². The van der Waals surface area contributed by atoms with Crippen molar-refractivity contribution in [1.29, 1.82) is 0 Å². The fourth-order valence-electron chi connectivity index (χ4n) is 2.58. The molecule has 0 spiro atoms. The van der Waals surface area contributed by atoms with Crippen LogP contribution in [0.4, 0.5) is 23.1 Å². The van der Waals surface area contributed by atoms with Crippen LogP contribution in [0.5, 0.6) is 0 Å². The standard InChI is InChI=1S/C20H20Br2N4/c1-3-7-14-10-16(21)18(17(22)11-14)25-19-13(2)12-23-20(26-19)24-15-8-5-4-6-9-15/h4-6,8-12H,3,7H2,1-2H3,(H2,23,24,25,26). The van der Waals surface area contributed by atoms with E-state index in [4.69, 9.17) is 0 Å². The lowest BCUT2D eigenvalue weighted by Gasteiger charge is -2.15. The van der Waals surface area contributed by atoms with Crippen LogP contribution in [0.3, 0.4) is 0 Å². The van der Waals surface area contributed by atoms with Crippen LogP contribution in [0.1, 0.15) is 24.5 Å². The monoisotopic (exact) mass is 474 g/mol. The Morgan fingerprint density at radius 1 is 1.00 bits per heavy atom. The Balaban J connectivity index is 1.87. The number of aryl methyl sites for hydroxylation is 2. The van der Waals surface area contributed by atoms with Crippen molar-refractivity contribution in [1.82, 2.24) is 9.97 Å². The van der Waals surface area contributed by atoms with Gasteiger partial charge >= 0.3 is 0 Å². The molecule has 3 rings (SSSR count). The molecule has 0 aliphatic carbocycles. The van der Waals surface area contributed by atoms with Crippen LogP contribution < -0.4 is 10.6 Å². The molecule has 4 nitrogen and oxygen atoms in total. The molecule has 3 aromatic rings. The third-order valence-electron chi connectivity index (χ3n) is 3.89. The first-order valence-electron chi connectivity index (χ1n) is 8.47. The minimum Gasteiger partial charge on any atom is -0.338 e. The molecule has 0 aliphatic rings. The van der Waals surface area contributed by atoms with Crippen LogP contribution in [-0.4, -0.2) is 9.97 Å². The van der Waals surface area contributed by atoms with Gasteiger partial charge in [0.05, 0.1) is 5.69 Å². The van der Waals surface area contributed by atoms with E-state index >= 15 is 0 Å². The van der Waals surface area contributed by atoms with Crippen LogP contribution in [0.15, 0.2) is 57.6 Å². The molecule has 0 radical (unpaired) electrons. The summed E-state index contributed by atoms with van der Waals surface area (Å²) in [4.78, 5) is 9.00. The zero-order valence-corrected chi connectivity index (χ0v) is 17.9. The first kappa shape index (κ1) is 18.9. The van der Waals surface area contributed by atoms with E-state index in [1.165, 1.54) is 5.56 Å². The largest absolute Gasteiger partial charge is 0.338 e. The molecular weight excluding hydrogens is 456 g/mol. The number of anilines is 4. The van der Waals surface area contributed by atoms with Gasteiger partial charge < -0.3 is 10.6 Å². The average molecular weight is 476 g/mol.